The molecule has 0 aromatic heterocycles. The maximum atomic E-state index is 10.3. The molecule has 0 radical (unpaired) electrons. The normalized spacial score (nSPS) is 10.1. The van der Waals surface area contributed by atoms with Gasteiger partial charge < -0.3 is 9.59 Å². The third-order valence-electron chi connectivity index (χ3n) is 1.81. The quantitative estimate of drug-likeness (QED) is 0.408. The zero-order chi connectivity index (χ0) is 10.2. The summed E-state index contributed by atoms with van der Waals surface area (Å²) in [5.74, 6) is 0.359. The van der Waals surface area contributed by atoms with E-state index >= 15 is 0 Å². The van der Waals surface area contributed by atoms with E-state index in [9.17, 15) is 9.59 Å². The third-order valence-corrected chi connectivity index (χ3v) is 2.86. The van der Waals surface area contributed by atoms with Crippen LogP contribution in [-0.2, 0) is 9.59 Å². The molecule has 0 aliphatic rings. The molecule has 0 fully saturated rings. The second-order valence-corrected chi connectivity index (χ2v) is 4.05. The summed E-state index contributed by atoms with van der Waals surface area (Å²) in [6.45, 7) is 0. The van der Waals surface area contributed by atoms with Gasteiger partial charge in [-0.05, 0) is 24.3 Å². The second kappa shape index (κ2) is 6.38. The Morgan fingerprint density at radius 1 is 1.14 bits per heavy atom. The lowest BCUT2D eigenvalue weighted by Gasteiger charge is -2.02. The van der Waals surface area contributed by atoms with Crippen molar-refractivity contribution in [3.8, 4) is 0 Å². The van der Waals surface area contributed by atoms with E-state index in [1.807, 2.05) is 30.3 Å². The molecule has 14 heavy (non-hydrogen) atoms. The minimum Gasteiger partial charge on any atom is -0.303 e. The number of rotatable bonds is 6. The maximum absolute atomic E-state index is 10.3. The SMILES string of the molecule is O=CC(C=O)CCSc1ccccc1. The summed E-state index contributed by atoms with van der Waals surface area (Å²) in [7, 11) is 0. The highest BCUT2D eigenvalue weighted by Crippen LogP contribution is 2.18. The number of hydrogen-bond donors (Lipinski definition) is 0. The molecule has 1 aromatic carbocycles. The average molecular weight is 208 g/mol. The topological polar surface area (TPSA) is 34.1 Å². The van der Waals surface area contributed by atoms with Crippen LogP contribution in [0.3, 0.4) is 0 Å². The summed E-state index contributed by atoms with van der Waals surface area (Å²) in [6.07, 6.45) is 2.03. The summed E-state index contributed by atoms with van der Waals surface area (Å²) in [4.78, 5) is 21.8. The van der Waals surface area contributed by atoms with Crippen LogP contribution in [0.4, 0.5) is 0 Å². The molecule has 0 amide bonds. The van der Waals surface area contributed by atoms with Gasteiger partial charge in [0.15, 0.2) is 0 Å². The Balaban J connectivity index is 2.28. The molecule has 0 N–H and O–H groups in total. The van der Waals surface area contributed by atoms with E-state index in [4.69, 9.17) is 0 Å². The van der Waals surface area contributed by atoms with Gasteiger partial charge in [-0.15, -0.1) is 11.8 Å². The Labute approximate surface area is 87.7 Å². The standard InChI is InChI=1S/C11H12O2S/c12-8-10(9-13)6-7-14-11-4-2-1-3-5-11/h1-5,8-10H,6-7H2. The van der Waals surface area contributed by atoms with Gasteiger partial charge in [0.25, 0.3) is 0 Å². The number of benzene rings is 1. The number of hydrogen-bond acceptors (Lipinski definition) is 3. The molecular formula is C11H12O2S. The maximum Gasteiger partial charge on any atom is 0.130 e. The van der Waals surface area contributed by atoms with Crippen LogP contribution >= 0.6 is 11.8 Å². The molecule has 0 spiro atoms. The van der Waals surface area contributed by atoms with Crippen LogP contribution in [0.1, 0.15) is 6.42 Å². The van der Waals surface area contributed by atoms with E-state index in [1.54, 1.807) is 11.8 Å². The summed E-state index contributed by atoms with van der Waals surface area (Å²) < 4.78 is 0. The van der Waals surface area contributed by atoms with E-state index in [0.717, 1.165) is 5.75 Å². The van der Waals surface area contributed by atoms with Gasteiger partial charge in [0.1, 0.15) is 12.6 Å². The van der Waals surface area contributed by atoms with Crippen molar-refractivity contribution in [1.29, 1.82) is 0 Å². The summed E-state index contributed by atoms with van der Waals surface area (Å²) in [6, 6.07) is 9.94. The van der Waals surface area contributed by atoms with Crippen LogP contribution in [0, 0.1) is 5.92 Å². The lowest BCUT2D eigenvalue weighted by molar-refractivity contribution is -0.119. The first-order valence-electron chi connectivity index (χ1n) is 4.45. The summed E-state index contributed by atoms with van der Waals surface area (Å²) >= 11 is 1.66. The van der Waals surface area contributed by atoms with Crippen LogP contribution in [0.5, 0.6) is 0 Å². The molecule has 0 bridgehead atoms. The van der Waals surface area contributed by atoms with Gasteiger partial charge >= 0.3 is 0 Å². The molecule has 1 rings (SSSR count). The fraction of sp³-hybridized carbons (Fsp3) is 0.273. The molecule has 0 unspecified atom stereocenters. The highest BCUT2D eigenvalue weighted by atomic mass is 32.2. The van der Waals surface area contributed by atoms with Gasteiger partial charge in [0.05, 0.1) is 5.92 Å². The van der Waals surface area contributed by atoms with Crippen molar-refractivity contribution < 1.29 is 9.59 Å². The average Bonchev–Trinajstić information content (AvgIpc) is 2.26. The predicted molar refractivity (Wildman–Crippen MR) is 57.4 cm³/mol. The lowest BCUT2D eigenvalue weighted by atomic mass is 10.1. The van der Waals surface area contributed by atoms with E-state index in [-0.39, 0.29) is 0 Å². The molecule has 0 aliphatic heterocycles. The highest BCUT2D eigenvalue weighted by molar-refractivity contribution is 7.99. The fourth-order valence-corrected chi connectivity index (χ4v) is 1.97. The Bertz CT molecular complexity index is 277. The smallest absolute Gasteiger partial charge is 0.130 e. The summed E-state index contributed by atoms with van der Waals surface area (Å²) in [5, 5.41) is 0. The van der Waals surface area contributed by atoms with Crippen molar-refractivity contribution in [1.82, 2.24) is 0 Å². The number of thioether (sulfide) groups is 1. The molecule has 0 saturated heterocycles. The van der Waals surface area contributed by atoms with Gasteiger partial charge in [0, 0.05) is 4.90 Å². The zero-order valence-electron chi connectivity index (χ0n) is 7.76. The van der Waals surface area contributed by atoms with Crippen LogP contribution < -0.4 is 0 Å². The van der Waals surface area contributed by atoms with Crippen LogP contribution in [0.25, 0.3) is 0 Å². The van der Waals surface area contributed by atoms with Gasteiger partial charge in [0.2, 0.25) is 0 Å². The van der Waals surface area contributed by atoms with Gasteiger partial charge in [-0.1, -0.05) is 18.2 Å². The van der Waals surface area contributed by atoms with E-state index in [0.29, 0.717) is 19.0 Å². The molecule has 0 aliphatic carbocycles. The van der Waals surface area contributed by atoms with Crippen LogP contribution in [0.2, 0.25) is 0 Å². The predicted octanol–water partition coefficient (Wildman–Crippen LogP) is 2.18. The Morgan fingerprint density at radius 3 is 2.36 bits per heavy atom. The van der Waals surface area contributed by atoms with Crippen molar-refractivity contribution in [2.75, 3.05) is 5.75 Å². The number of carbonyl (C=O) groups is 2. The van der Waals surface area contributed by atoms with Crippen molar-refractivity contribution in [2.45, 2.75) is 11.3 Å². The first-order chi connectivity index (χ1) is 6.86. The minimum atomic E-state index is -0.439. The minimum absolute atomic E-state index is 0.439. The highest BCUT2D eigenvalue weighted by Gasteiger charge is 2.04. The Morgan fingerprint density at radius 2 is 1.79 bits per heavy atom. The molecule has 0 heterocycles. The molecule has 3 heteroatoms. The summed E-state index contributed by atoms with van der Waals surface area (Å²) in [5.41, 5.74) is 0. The van der Waals surface area contributed by atoms with Gasteiger partial charge in [-0.2, -0.15) is 0 Å². The largest absolute Gasteiger partial charge is 0.303 e. The van der Waals surface area contributed by atoms with Crippen LogP contribution in [-0.4, -0.2) is 18.3 Å². The molecular weight excluding hydrogens is 196 g/mol. The van der Waals surface area contributed by atoms with Crippen molar-refractivity contribution in [2.24, 2.45) is 5.92 Å². The van der Waals surface area contributed by atoms with Gasteiger partial charge in [-0.3, -0.25) is 0 Å². The number of carbonyl (C=O) groups excluding carboxylic acids is 2. The molecule has 74 valence electrons. The molecule has 0 saturated carbocycles. The van der Waals surface area contributed by atoms with E-state index < -0.39 is 5.92 Å². The zero-order valence-corrected chi connectivity index (χ0v) is 8.57. The third kappa shape index (κ3) is 3.75. The molecule has 2 nitrogen and oxygen atoms in total. The van der Waals surface area contributed by atoms with Crippen molar-refractivity contribution >= 4 is 24.3 Å². The van der Waals surface area contributed by atoms with E-state index in [1.165, 1.54) is 4.90 Å². The van der Waals surface area contributed by atoms with E-state index in [2.05, 4.69) is 0 Å². The Hall–Kier alpha value is -1.09. The second-order valence-electron chi connectivity index (χ2n) is 2.89. The Kier molecular flexibility index (Phi) is 5.00. The monoisotopic (exact) mass is 208 g/mol. The fourth-order valence-electron chi connectivity index (χ4n) is 0.998. The molecule has 1 aromatic rings. The molecule has 0 atom stereocenters. The lowest BCUT2D eigenvalue weighted by Crippen LogP contribution is -2.04. The van der Waals surface area contributed by atoms with Crippen LogP contribution in [0.15, 0.2) is 35.2 Å². The first-order valence-corrected chi connectivity index (χ1v) is 5.44. The van der Waals surface area contributed by atoms with Crippen molar-refractivity contribution in [3.05, 3.63) is 30.3 Å². The van der Waals surface area contributed by atoms with Gasteiger partial charge in [-0.25, -0.2) is 0 Å². The first kappa shape index (κ1) is 11.0. The van der Waals surface area contributed by atoms with Crippen molar-refractivity contribution in [3.63, 3.8) is 0 Å². The number of aldehydes is 2.